The average molecular weight is 360 g/mol. The van der Waals surface area contributed by atoms with Crippen molar-refractivity contribution in [3.8, 4) is 34.3 Å². The molecule has 0 aliphatic rings. The van der Waals surface area contributed by atoms with Crippen LogP contribution in [0.25, 0.3) is 22.8 Å². The summed E-state index contributed by atoms with van der Waals surface area (Å²) in [6.45, 7) is 0. The van der Waals surface area contributed by atoms with Gasteiger partial charge in [0, 0.05) is 17.2 Å². The first-order chi connectivity index (χ1) is 11.9. The summed E-state index contributed by atoms with van der Waals surface area (Å²) in [4.78, 5) is 4.17. The van der Waals surface area contributed by atoms with Crippen LogP contribution < -0.4 is 14.6 Å². The van der Waals surface area contributed by atoms with E-state index in [0.717, 1.165) is 5.56 Å². The van der Waals surface area contributed by atoms with Crippen LogP contribution in [0.3, 0.4) is 0 Å². The standard InChI is InChI=1S/C17H16N2O5S/c1-22-13-5-3-4-11(6-13)17-19-10-16(24-17)12-7-14(23-2)9-15(8-12)25(18,20)21/h3-10H,1-2H3,(H2,18,20,21). The van der Waals surface area contributed by atoms with Gasteiger partial charge in [-0.05, 0) is 30.3 Å². The average Bonchev–Trinajstić information content (AvgIpc) is 3.11. The molecule has 8 heteroatoms. The first kappa shape index (κ1) is 17.0. The van der Waals surface area contributed by atoms with E-state index in [0.29, 0.717) is 28.7 Å². The molecule has 0 saturated carbocycles. The molecule has 2 aromatic carbocycles. The SMILES string of the molecule is COc1cccc(-c2ncc(-c3cc(OC)cc(S(N)(=O)=O)c3)o2)c1. The number of primary sulfonamides is 1. The largest absolute Gasteiger partial charge is 0.497 e. The molecule has 0 unspecified atom stereocenters. The minimum atomic E-state index is -3.88. The lowest BCUT2D eigenvalue weighted by atomic mass is 10.2. The first-order valence-electron chi connectivity index (χ1n) is 7.23. The van der Waals surface area contributed by atoms with Gasteiger partial charge in [0.15, 0.2) is 5.76 Å². The maximum atomic E-state index is 11.6. The van der Waals surface area contributed by atoms with Crippen molar-refractivity contribution >= 4 is 10.0 Å². The predicted octanol–water partition coefficient (Wildman–Crippen LogP) is 2.67. The number of oxazole rings is 1. The molecule has 1 heterocycles. The van der Waals surface area contributed by atoms with E-state index < -0.39 is 10.0 Å². The highest BCUT2D eigenvalue weighted by atomic mass is 32.2. The van der Waals surface area contributed by atoms with E-state index in [4.69, 9.17) is 19.0 Å². The third-order valence-electron chi connectivity index (χ3n) is 3.55. The van der Waals surface area contributed by atoms with Crippen LogP contribution in [0.5, 0.6) is 11.5 Å². The molecule has 0 atom stereocenters. The summed E-state index contributed by atoms with van der Waals surface area (Å²) >= 11 is 0. The zero-order valence-corrected chi connectivity index (χ0v) is 14.4. The zero-order chi connectivity index (χ0) is 18.0. The van der Waals surface area contributed by atoms with Crippen molar-refractivity contribution in [3.05, 3.63) is 48.7 Å². The van der Waals surface area contributed by atoms with Crippen LogP contribution in [0.2, 0.25) is 0 Å². The number of hydrogen-bond donors (Lipinski definition) is 1. The Hall–Kier alpha value is -2.84. The number of methoxy groups -OCH3 is 2. The molecule has 2 N–H and O–H groups in total. The Kier molecular flexibility index (Phi) is 4.47. The van der Waals surface area contributed by atoms with Gasteiger partial charge in [-0.15, -0.1) is 0 Å². The number of rotatable bonds is 5. The highest BCUT2D eigenvalue weighted by Crippen LogP contribution is 2.31. The van der Waals surface area contributed by atoms with E-state index in [1.54, 1.807) is 19.2 Å². The summed E-state index contributed by atoms with van der Waals surface area (Å²) in [6, 6.07) is 11.7. The van der Waals surface area contributed by atoms with Gasteiger partial charge < -0.3 is 13.9 Å². The molecular weight excluding hydrogens is 344 g/mol. The predicted molar refractivity (Wildman–Crippen MR) is 91.9 cm³/mol. The Morgan fingerprint density at radius 1 is 1.00 bits per heavy atom. The van der Waals surface area contributed by atoms with Gasteiger partial charge in [-0.25, -0.2) is 18.5 Å². The van der Waals surface area contributed by atoms with Gasteiger partial charge >= 0.3 is 0 Å². The Morgan fingerprint density at radius 3 is 2.40 bits per heavy atom. The molecule has 130 valence electrons. The summed E-state index contributed by atoms with van der Waals surface area (Å²) in [6.07, 6.45) is 1.51. The van der Waals surface area contributed by atoms with Gasteiger partial charge in [-0.1, -0.05) is 6.07 Å². The van der Waals surface area contributed by atoms with Gasteiger partial charge in [0.2, 0.25) is 15.9 Å². The molecule has 1 aromatic heterocycles. The number of sulfonamides is 1. The third-order valence-corrected chi connectivity index (χ3v) is 4.44. The van der Waals surface area contributed by atoms with Gasteiger partial charge in [0.25, 0.3) is 0 Å². The van der Waals surface area contributed by atoms with Crippen molar-refractivity contribution in [2.24, 2.45) is 5.14 Å². The Balaban J connectivity index is 2.05. The normalized spacial score (nSPS) is 11.3. The van der Waals surface area contributed by atoms with Crippen molar-refractivity contribution in [3.63, 3.8) is 0 Å². The number of hydrogen-bond acceptors (Lipinski definition) is 6. The summed E-state index contributed by atoms with van der Waals surface area (Å²) in [5.41, 5.74) is 1.23. The molecule has 0 aliphatic carbocycles. The second kappa shape index (κ2) is 6.58. The quantitative estimate of drug-likeness (QED) is 0.750. The molecule has 0 saturated heterocycles. The van der Waals surface area contributed by atoms with E-state index >= 15 is 0 Å². The maximum Gasteiger partial charge on any atom is 0.238 e. The Bertz CT molecular complexity index is 1010. The lowest BCUT2D eigenvalue weighted by Crippen LogP contribution is -2.12. The number of benzene rings is 2. The van der Waals surface area contributed by atoms with Crippen molar-refractivity contribution in [1.29, 1.82) is 0 Å². The highest BCUT2D eigenvalue weighted by Gasteiger charge is 2.15. The lowest BCUT2D eigenvalue weighted by molar-refractivity contribution is 0.413. The minimum Gasteiger partial charge on any atom is -0.497 e. The van der Waals surface area contributed by atoms with Crippen LogP contribution in [0.4, 0.5) is 0 Å². The molecule has 0 fully saturated rings. The molecule has 0 bridgehead atoms. The van der Waals surface area contributed by atoms with E-state index in [1.807, 2.05) is 18.2 Å². The van der Waals surface area contributed by atoms with Crippen molar-refractivity contribution in [1.82, 2.24) is 4.98 Å². The number of nitrogens with zero attached hydrogens (tertiary/aromatic N) is 1. The summed E-state index contributed by atoms with van der Waals surface area (Å²) in [5, 5.41) is 5.21. The second-order valence-corrected chi connectivity index (χ2v) is 6.77. The summed E-state index contributed by atoms with van der Waals surface area (Å²) in [7, 11) is -0.866. The van der Waals surface area contributed by atoms with Crippen molar-refractivity contribution in [2.45, 2.75) is 4.90 Å². The molecule has 25 heavy (non-hydrogen) atoms. The topological polar surface area (TPSA) is 105 Å². The van der Waals surface area contributed by atoms with Gasteiger partial charge in [0.05, 0.1) is 25.3 Å². The second-order valence-electron chi connectivity index (χ2n) is 5.20. The fourth-order valence-electron chi connectivity index (χ4n) is 2.29. The number of ether oxygens (including phenoxy) is 2. The molecular formula is C17H16N2O5S. The molecule has 0 spiro atoms. The van der Waals surface area contributed by atoms with E-state index in [1.165, 1.54) is 25.4 Å². The molecule has 0 amide bonds. The number of nitrogens with two attached hydrogens (primary N) is 1. The van der Waals surface area contributed by atoms with Crippen molar-refractivity contribution in [2.75, 3.05) is 14.2 Å². The third kappa shape index (κ3) is 3.65. The van der Waals surface area contributed by atoms with E-state index in [2.05, 4.69) is 4.98 Å². The van der Waals surface area contributed by atoms with Crippen molar-refractivity contribution < 1.29 is 22.3 Å². The van der Waals surface area contributed by atoms with Crippen LogP contribution in [-0.4, -0.2) is 27.6 Å². The molecule has 3 rings (SSSR count). The Morgan fingerprint density at radius 2 is 1.72 bits per heavy atom. The van der Waals surface area contributed by atoms with Crippen LogP contribution in [0.15, 0.2) is 58.0 Å². The smallest absolute Gasteiger partial charge is 0.238 e. The summed E-state index contributed by atoms with van der Waals surface area (Å²) in [5.74, 6) is 1.80. The van der Waals surface area contributed by atoms with Gasteiger partial charge in [-0.2, -0.15) is 0 Å². The lowest BCUT2D eigenvalue weighted by Gasteiger charge is -2.06. The van der Waals surface area contributed by atoms with Crippen LogP contribution in [-0.2, 0) is 10.0 Å². The molecule has 0 aliphatic heterocycles. The highest BCUT2D eigenvalue weighted by molar-refractivity contribution is 7.89. The van der Waals surface area contributed by atoms with Gasteiger partial charge in [0.1, 0.15) is 11.5 Å². The van der Waals surface area contributed by atoms with Crippen LogP contribution >= 0.6 is 0 Å². The molecule has 3 aromatic rings. The fourth-order valence-corrected chi connectivity index (χ4v) is 2.86. The number of aromatic nitrogens is 1. The minimum absolute atomic E-state index is 0.0684. The Labute approximate surface area is 145 Å². The maximum absolute atomic E-state index is 11.6. The monoisotopic (exact) mass is 360 g/mol. The molecule has 7 nitrogen and oxygen atoms in total. The summed E-state index contributed by atoms with van der Waals surface area (Å²) < 4.78 is 39.4. The molecule has 0 radical (unpaired) electrons. The van der Waals surface area contributed by atoms with Crippen LogP contribution in [0.1, 0.15) is 0 Å². The zero-order valence-electron chi connectivity index (χ0n) is 13.6. The first-order valence-corrected chi connectivity index (χ1v) is 8.78. The van der Waals surface area contributed by atoms with E-state index in [9.17, 15) is 8.42 Å². The van der Waals surface area contributed by atoms with E-state index in [-0.39, 0.29) is 4.90 Å². The fraction of sp³-hybridized carbons (Fsp3) is 0.118. The van der Waals surface area contributed by atoms with Gasteiger partial charge in [-0.3, -0.25) is 0 Å². The van der Waals surface area contributed by atoms with Crippen LogP contribution in [0, 0.1) is 0 Å².